The van der Waals surface area contributed by atoms with Crippen LogP contribution in [0.25, 0.3) is 0 Å². The van der Waals surface area contributed by atoms with E-state index in [0.717, 1.165) is 16.7 Å². The van der Waals surface area contributed by atoms with Crippen molar-refractivity contribution in [1.82, 2.24) is 10.3 Å². The molecule has 1 heterocycles. The van der Waals surface area contributed by atoms with Crippen LogP contribution in [0, 0.1) is 11.8 Å². The zero-order chi connectivity index (χ0) is 17.9. The zero-order valence-electron chi connectivity index (χ0n) is 13.1. The standard InChI is InChI=1S/C15H19F3N2O3S/c1-2-10(13-20-11(7-24-13)15(16,17)18)19-12(21)8-4-3-5-9(6-8)14(22)23/h7-10H,2-6H2,1H3,(H,19,21)(H,22,23). The van der Waals surface area contributed by atoms with E-state index in [0.29, 0.717) is 25.7 Å². The van der Waals surface area contributed by atoms with Gasteiger partial charge in [-0.2, -0.15) is 13.2 Å². The lowest BCUT2D eigenvalue weighted by Gasteiger charge is -2.27. The van der Waals surface area contributed by atoms with Gasteiger partial charge in [0.05, 0.1) is 12.0 Å². The Labute approximate surface area is 141 Å². The molecule has 0 radical (unpaired) electrons. The number of carbonyl (C=O) groups excluding carboxylic acids is 1. The van der Waals surface area contributed by atoms with Gasteiger partial charge in [-0.3, -0.25) is 9.59 Å². The minimum absolute atomic E-state index is 0.212. The number of rotatable bonds is 5. The summed E-state index contributed by atoms with van der Waals surface area (Å²) in [5.41, 5.74) is -0.959. The minimum Gasteiger partial charge on any atom is -0.481 e. The fourth-order valence-electron chi connectivity index (χ4n) is 2.86. The second kappa shape index (κ2) is 7.50. The summed E-state index contributed by atoms with van der Waals surface area (Å²) >= 11 is 0.863. The van der Waals surface area contributed by atoms with Crippen LogP contribution in [-0.2, 0) is 15.8 Å². The summed E-state index contributed by atoms with van der Waals surface area (Å²) in [5.74, 6) is -2.17. The highest BCUT2D eigenvalue weighted by Crippen LogP contribution is 2.33. The average Bonchev–Trinajstić information content (AvgIpc) is 3.02. The highest BCUT2D eigenvalue weighted by Gasteiger charge is 2.35. The highest BCUT2D eigenvalue weighted by molar-refractivity contribution is 7.09. The van der Waals surface area contributed by atoms with Gasteiger partial charge >= 0.3 is 12.1 Å². The number of carboxylic acid groups (broad SMARTS) is 1. The van der Waals surface area contributed by atoms with Crippen LogP contribution in [0.5, 0.6) is 0 Å². The normalized spacial score (nSPS) is 22.8. The molecular weight excluding hydrogens is 345 g/mol. The first-order chi connectivity index (χ1) is 11.2. The van der Waals surface area contributed by atoms with Gasteiger partial charge in [-0.1, -0.05) is 13.3 Å². The van der Waals surface area contributed by atoms with Gasteiger partial charge in [0.1, 0.15) is 5.01 Å². The Morgan fingerprint density at radius 2 is 2.08 bits per heavy atom. The van der Waals surface area contributed by atoms with Crippen molar-refractivity contribution in [3.63, 3.8) is 0 Å². The monoisotopic (exact) mass is 364 g/mol. The van der Waals surface area contributed by atoms with Gasteiger partial charge < -0.3 is 10.4 Å². The third kappa shape index (κ3) is 4.46. The van der Waals surface area contributed by atoms with E-state index in [4.69, 9.17) is 5.11 Å². The summed E-state index contributed by atoms with van der Waals surface area (Å²) in [4.78, 5) is 27.0. The molecule has 2 rings (SSSR count). The van der Waals surface area contributed by atoms with E-state index in [2.05, 4.69) is 10.3 Å². The van der Waals surface area contributed by atoms with Crippen molar-refractivity contribution in [2.24, 2.45) is 11.8 Å². The van der Waals surface area contributed by atoms with E-state index in [1.807, 2.05) is 0 Å². The largest absolute Gasteiger partial charge is 0.481 e. The summed E-state index contributed by atoms with van der Waals surface area (Å²) < 4.78 is 37.9. The van der Waals surface area contributed by atoms with Crippen molar-refractivity contribution in [2.45, 2.75) is 51.2 Å². The van der Waals surface area contributed by atoms with Crippen molar-refractivity contribution in [3.8, 4) is 0 Å². The first kappa shape index (κ1) is 18.7. The Bertz CT molecular complexity index is 603. The Balaban J connectivity index is 2.03. The molecule has 1 aliphatic carbocycles. The number of amides is 1. The molecule has 3 unspecified atom stereocenters. The number of nitrogens with zero attached hydrogens (tertiary/aromatic N) is 1. The van der Waals surface area contributed by atoms with Crippen LogP contribution in [-0.4, -0.2) is 22.0 Å². The lowest BCUT2D eigenvalue weighted by Crippen LogP contribution is -2.37. The van der Waals surface area contributed by atoms with Crippen LogP contribution in [0.3, 0.4) is 0 Å². The molecule has 0 saturated heterocycles. The van der Waals surface area contributed by atoms with Crippen molar-refractivity contribution in [1.29, 1.82) is 0 Å². The van der Waals surface area contributed by atoms with Gasteiger partial charge in [-0.25, -0.2) is 4.98 Å². The van der Waals surface area contributed by atoms with E-state index < -0.39 is 35.7 Å². The maximum Gasteiger partial charge on any atom is 0.434 e. The molecule has 1 amide bonds. The zero-order valence-corrected chi connectivity index (χ0v) is 13.9. The number of thiazole rings is 1. The van der Waals surface area contributed by atoms with E-state index in [-0.39, 0.29) is 17.3 Å². The molecule has 3 atom stereocenters. The summed E-state index contributed by atoms with van der Waals surface area (Å²) in [7, 11) is 0. The van der Waals surface area contributed by atoms with Crippen LogP contribution in [0.15, 0.2) is 5.38 Å². The van der Waals surface area contributed by atoms with Gasteiger partial charge in [0, 0.05) is 11.3 Å². The number of nitrogens with one attached hydrogen (secondary N) is 1. The van der Waals surface area contributed by atoms with Gasteiger partial charge in [-0.15, -0.1) is 11.3 Å². The number of hydrogen-bond acceptors (Lipinski definition) is 4. The number of hydrogen-bond donors (Lipinski definition) is 2. The van der Waals surface area contributed by atoms with Crippen LogP contribution in [0.2, 0.25) is 0 Å². The van der Waals surface area contributed by atoms with Crippen LogP contribution in [0.1, 0.15) is 55.8 Å². The third-order valence-corrected chi connectivity index (χ3v) is 5.19. The molecule has 9 heteroatoms. The highest BCUT2D eigenvalue weighted by atomic mass is 32.1. The van der Waals surface area contributed by atoms with Crippen molar-refractivity contribution in [3.05, 3.63) is 16.1 Å². The van der Waals surface area contributed by atoms with Gasteiger partial charge in [0.15, 0.2) is 5.69 Å². The lowest BCUT2D eigenvalue weighted by atomic mass is 9.81. The van der Waals surface area contributed by atoms with E-state index in [1.54, 1.807) is 6.92 Å². The molecule has 0 aliphatic heterocycles. The predicted molar refractivity (Wildman–Crippen MR) is 81.4 cm³/mol. The summed E-state index contributed by atoms with van der Waals surface area (Å²) in [6, 6.07) is -0.594. The van der Waals surface area contributed by atoms with Crippen molar-refractivity contribution < 1.29 is 27.9 Å². The average molecular weight is 364 g/mol. The Hall–Kier alpha value is -1.64. The molecule has 1 aliphatic rings. The molecule has 134 valence electrons. The first-order valence-electron chi connectivity index (χ1n) is 7.78. The van der Waals surface area contributed by atoms with Gasteiger partial charge in [-0.05, 0) is 25.7 Å². The third-order valence-electron chi connectivity index (χ3n) is 4.23. The van der Waals surface area contributed by atoms with E-state index >= 15 is 0 Å². The fraction of sp³-hybridized carbons (Fsp3) is 0.667. The van der Waals surface area contributed by atoms with Crippen LogP contribution >= 0.6 is 11.3 Å². The number of alkyl halides is 3. The van der Waals surface area contributed by atoms with Crippen molar-refractivity contribution in [2.75, 3.05) is 0 Å². The van der Waals surface area contributed by atoms with E-state index in [1.165, 1.54) is 0 Å². The fourth-order valence-corrected chi connectivity index (χ4v) is 3.82. The molecular formula is C15H19F3N2O3S. The van der Waals surface area contributed by atoms with E-state index in [9.17, 15) is 22.8 Å². The maximum atomic E-state index is 12.6. The second-order valence-electron chi connectivity index (χ2n) is 5.94. The molecule has 1 fully saturated rings. The molecule has 0 spiro atoms. The molecule has 24 heavy (non-hydrogen) atoms. The van der Waals surface area contributed by atoms with Gasteiger partial charge in [0.25, 0.3) is 0 Å². The van der Waals surface area contributed by atoms with Gasteiger partial charge in [0.2, 0.25) is 5.91 Å². The topological polar surface area (TPSA) is 79.3 Å². The molecule has 0 aromatic carbocycles. The number of halogens is 3. The SMILES string of the molecule is CCC(NC(=O)C1CCCC(C(=O)O)C1)c1nc(C(F)(F)F)cs1. The summed E-state index contributed by atoms with van der Waals surface area (Å²) in [6.45, 7) is 1.75. The smallest absolute Gasteiger partial charge is 0.434 e. The predicted octanol–water partition coefficient (Wildman–Crippen LogP) is 3.62. The summed E-state index contributed by atoms with van der Waals surface area (Å²) in [5, 5.41) is 12.9. The number of carboxylic acids is 1. The second-order valence-corrected chi connectivity index (χ2v) is 6.83. The van der Waals surface area contributed by atoms with Crippen LogP contribution in [0.4, 0.5) is 13.2 Å². The Morgan fingerprint density at radius 1 is 1.42 bits per heavy atom. The summed E-state index contributed by atoms with van der Waals surface area (Å²) in [6.07, 6.45) is -2.03. The molecule has 1 saturated carbocycles. The quantitative estimate of drug-likeness (QED) is 0.836. The van der Waals surface area contributed by atoms with Crippen molar-refractivity contribution >= 4 is 23.2 Å². The molecule has 2 N–H and O–H groups in total. The number of carbonyl (C=O) groups is 2. The molecule has 1 aromatic heterocycles. The maximum absolute atomic E-state index is 12.6. The molecule has 1 aromatic rings. The molecule has 5 nitrogen and oxygen atoms in total. The Kier molecular flexibility index (Phi) is 5.84. The number of aromatic nitrogens is 1. The number of aliphatic carboxylic acids is 1. The Morgan fingerprint density at radius 3 is 2.62 bits per heavy atom. The lowest BCUT2D eigenvalue weighted by molar-refractivity contribution is -0.144. The first-order valence-corrected chi connectivity index (χ1v) is 8.66. The molecule has 0 bridgehead atoms. The minimum atomic E-state index is -4.50. The van der Waals surface area contributed by atoms with Crippen LogP contribution < -0.4 is 5.32 Å².